The first-order chi connectivity index (χ1) is 13.6. The van der Waals surface area contributed by atoms with Gasteiger partial charge in [0.1, 0.15) is 0 Å². The van der Waals surface area contributed by atoms with E-state index in [1.54, 1.807) is 11.0 Å². The number of fused-ring (bicyclic) bond motifs is 3. The van der Waals surface area contributed by atoms with Crippen LogP contribution in [0.1, 0.15) is 24.1 Å². The maximum Gasteiger partial charge on any atom is 0.227 e. The Labute approximate surface area is 168 Å². The summed E-state index contributed by atoms with van der Waals surface area (Å²) in [6.07, 6.45) is 2.31. The molecule has 142 valence electrons. The minimum absolute atomic E-state index is 0.0576. The highest BCUT2D eigenvalue weighted by Gasteiger charge is 2.25. The Kier molecular flexibility index (Phi) is 5.17. The monoisotopic (exact) mass is 393 g/mol. The molecule has 0 saturated carbocycles. The van der Waals surface area contributed by atoms with Crippen LogP contribution in [0.2, 0.25) is 5.02 Å². The van der Waals surface area contributed by atoms with Crippen molar-refractivity contribution >= 4 is 29.1 Å². The zero-order valence-electron chi connectivity index (χ0n) is 15.3. The zero-order chi connectivity index (χ0) is 19.5. The van der Waals surface area contributed by atoms with Gasteiger partial charge in [-0.2, -0.15) is 0 Å². The standard InChI is InChI=1S/C22H20ClN3O2/c23-17-6-3-5-16(13-17)14-24-21(27)10-11-22(28)26-15-18-7-4-12-25(18)19-8-1-2-9-20(19)26/h1-9,12-13H,10-11,14-15H2,(H,24,27). The molecule has 1 aromatic heterocycles. The fourth-order valence-corrected chi connectivity index (χ4v) is 3.65. The van der Waals surface area contributed by atoms with Crippen molar-refractivity contribution in [3.8, 4) is 5.69 Å². The Bertz CT molecular complexity index is 1030. The van der Waals surface area contributed by atoms with E-state index >= 15 is 0 Å². The molecule has 0 bridgehead atoms. The molecule has 0 aliphatic carbocycles. The highest BCUT2D eigenvalue weighted by molar-refractivity contribution is 6.30. The SMILES string of the molecule is O=C(CCC(=O)N1Cc2cccn2-c2ccccc21)NCc1cccc(Cl)c1. The van der Waals surface area contributed by atoms with Crippen molar-refractivity contribution in [2.24, 2.45) is 0 Å². The van der Waals surface area contributed by atoms with E-state index in [2.05, 4.69) is 9.88 Å². The molecular weight excluding hydrogens is 374 g/mol. The van der Waals surface area contributed by atoms with Crippen molar-refractivity contribution in [1.29, 1.82) is 0 Å². The number of carbonyl (C=O) groups is 2. The molecule has 5 nitrogen and oxygen atoms in total. The van der Waals surface area contributed by atoms with Gasteiger partial charge < -0.3 is 14.8 Å². The molecule has 1 aliphatic rings. The molecule has 4 rings (SSSR count). The van der Waals surface area contributed by atoms with E-state index in [9.17, 15) is 9.59 Å². The van der Waals surface area contributed by atoms with Crippen molar-refractivity contribution in [2.45, 2.75) is 25.9 Å². The van der Waals surface area contributed by atoms with Crippen molar-refractivity contribution < 1.29 is 9.59 Å². The van der Waals surface area contributed by atoms with Crippen LogP contribution in [0.3, 0.4) is 0 Å². The van der Waals surface area contributed by atoms with E-state index in [1.807, 2.05) is 60.8 Å². The molecule has 0 fully saturated rings. The lowest BCUT2D eigenvalue weighted by molar-refractivity contribution is -0.125. The fraction of sp³-hybridized carbons (Fsp3) is 0.182. The van der Waals surface area contributed by atoms with Gasteiger partial charge in [0.05, 0.1) is 17.9 Å². The van der Waals surface area contributed by atoms with Gasteiger partial charge in [-0.25, -0.2) is 0 Å². The average Bonchev–Trinajstić information content (AvgIpc) is 3.19. The molecule has 2 aromatic carbocycles. The van der Waals surface area contributed by atoms with Crippen LogP contribution in [-0.4, -0.2) is 16.4 Å². The van der Waals surface area contributed by atoms with E-state index in [0.29, 0.717) is 18.1 Å². The van der Waals surface area contributed by atoms with Crippen LogP contribution in [0, 0.1) is 0 Å². The van der Waals surface area contributed by atoms with E-state index in [-0.39, 0.29) is 24.7 Å². The maximum absolute atomic E-state index is 12.8. The number of nitrogens with one attached hydrogen (secondary N) is 1. The molecule has 0 spiro atoms. The molecule has 28 heavy (non-hydrogen) atoms. The third-order valence-corrected chi connectivity index (χ3v) is 5.07. The summed E-state index contributed by atoms with van der Waals surface area (Å²) in [5, 5.41) is 3.48. The quantitative estimate of drug-likeness (QED) is 0.710. The van der Waals surface area contributed by atoms with Crippen LogP contribution in [0.5, 0.6) is 0 Å². The van der Waals surface area contributed by atoms with Crippen LogP contribution in [0.25, 0.3) is 5.69 Å². The topological polar surface area (TPSA) is 54.3 Å². The van der Waals surface area contributed by atoms with Gasteiger partial charge in [-0.15, -0.1) is 0 Å². The molecule has 2 amide bonds. The number of nitrogens with zero attached hydrogens (tertiary/aromatic N) is 2. The molecule has 1 N–H and O–H groups in total. The Morgan fingerprint density at radius 1 is 0.964 bits per heavy atom. The van der Waals surface area contributed by atoms with Crippen LogP contribution >= 0.6 is 11.6 Å². The molecule has 2 heterocycles. The minimum Gasteiger partial charge on any atom is -0.352 e. The Balaban J connectivity index is 1.37. The van der Waals surface area contributed by atoms with Gasteiger partial charge in [0.15, 0.2) is 0 Å². The molecule has 0 radical (unpaired) electrons. The third kappa shape index (κ3) is 3.80. The summed E-state index contributed by atoms with van der Waals surface area (Å²) in [7, 11) is 0. The molecule has 0 saturated heterocycles. The number of para-hydroxylation sites is 2. The first-order valence-electron chi connectivity index (χ1n) is 9.19. The Hall–Kier alpha value is -3.05. The smallest absolute Gasteiger partial charge is 0.227 e. The Morgan fingerprint density at radius 3 is 2.61 bits per heavy atom. The summed E-state index contributed by atoms with van der Waals surface area (Å²) in [5.41, 5.74) is 3.83. The summed E-state index contributed by atoms with van der Waals surface area (Å²) in [6, 6.07) is 19.1. The number of hydrogen-bond donors (Lipinski definition) is 1. The van der Waals surface area contributed by atoms with Crippen LogP contribution < -0.4 is 10.2 Å². The number of benzene rings is 2. The number of halogens is 1. The predicted molar refractivity (Wildman–Crippen MR) is 109 cm³/mol. The van der Waals surface area contributed by atoms with Crippen LogP contribution in [0.4, 0.5) is 5.69 Å². The summed E-state index contributed by atoms with van der Waals surface area (Å²) < 4.78 is 2.09. The number of rotatable bonds is 5. The molecule has 0 atom stereocenters. The van der Waals surface area contributed by atoms with Gasteiger partial charge in [-0.3, -0.25) is 9.59 Å². The second-order valence-corrected chi connectivity index (χ2v) is 7.18. The van der Waals surface area contributed by atoms with Gasteiger partial charge in [0.2, 0.25) is 11.8 Å². The summed E-state index contributed by atoms with van der Waals surface area (Å²) >= 11 is 5.95. The summed E-state index contributed by atoms with van der Waals surface area (Å²) in [5.74, 6) is -0.209. The van der Waals surface area contributed by atoms with E-state index < -0.39 is 0 Å². The van der Waals surface area contributed by atoms with E-state index in [4.69, 9.17) is 11.6 Å². The number of amides is 2. The Morgan fingerprint density at radius 2 is 1.79 bits per heavy atom. The van der Waals surface area contributed by atoms with E-state index in [1.165, 1.54) is 0 Å². The van der Waals surface area contributed by atoms with E-state index in [0.717, 1.165) is 22.6 Å². The average molecular weight is 394 g/mol. The van der Waals surface area contributed by atoms with Crippen LogP contribution in [0.15, 0.2) is 66.9 Å². The molecule has 0 unspecified atom stereocenters. The predicted octanol–water partition coefficient (Wildman–Crippen LogP) is 4.07. The fourth-order valence-electron chi connectivity index (χ4n) is 3.44. The van der Waals surface area contributed by atoms with Crippen LogP contribution in [-0.2, 0) is 22.7 Å². The van der Waals surface area contributed by atoms with Crippen molar-refractivity contribution in [1.82, 2.24) is 9.88 Å². The molecular formula is C22H20ClN3O2. The van der Waals surface area contributed by atoms with Crippen molar-refractivity contribution in [3.63, 3.8) is 0 Å². The van der Waals surface area contributed by atoms with Gasteiger partial charge in [-0.05, 0) is 42.0 Å². The molecule has 3 aromatic rings. The number of hydrogen-bond acceptors (Lipinski definition) is 2. The lowest BCUT2D eigenvalue weighted by Crippen LogP contribution is -2.35. The second-order valence-electron chi connectivity index (χ2n) is 6.74. The lowest BCUT2D eigenvalue weighted by atomic mass is 10.1. The maximum atomic E-state index is 12.8. The second kappa shape index (κ2) is 7.90. The van der Waals surface area contributed by atoms with Crippen molar-refractivity contribution in [2.75, 3.05) is 4.90 Å². The van der Waals surface area contributed by atoms with Crippen molar-refractivity contribution in [3.05, 3.63) is 83.1 Å². The minimum atomic E-state index is -0.151. The normalized spacial score (nSPS) is 12.2. The summed E-state index contributed by atoms with van der Waals surface area (Å²) in [4.78, 5) is 26.8. The van der Waals surface area contributed by atoms with Gasteiger partial charge in [0, 0.05) is 36.3 Å². The first kappa shape index (κ1) is 18.3. The number of aromatic nitrogens is 1. The molecule has 6 heteroatoms. The number of carbonyl (C=O) groups excluding carboxylic acids is 2. The number of anilines is 1. The third-order valence-electron chi connectivity index (χ3n) is 4.83. The van der Waals surface area contributed by atoms with Gasteiger partial charge in [-0.1, -0.05) is 35.9 Å². The largest absolute Gasteiger partial charge is 0.352 e. The zero-order valence-corrected chi connectivity index (χ0v) is 16.0. The van der Waals surface area contributed by atoms with Gasteiger partial charge in [0.25, 0.3) is 0 Å². The highest BCUT2D eigenvalue weighted by atomic mass is 35.5. The highest BCUT2D eigenvalue weighted by Crippen LogP contribution is 2.32. The lowest BCUT2D eigenvalue weighted by Gasteiger charge is -2.31. The summed E-state index contributed by atoms with van der Waals surface area (Å²) in [6.45, 7) is 0.903. The first-order valence-corrected chi connectivity index (χ1v) is 9.57. The van der Waals surface area contributed by atoms with Gasteiger partial charge >= 0.3 is 0 Å². The molecule has 1 aliphatic heterocycles.